The lowest BCUT2D eigenvalue weighted by Gasteiger charge is -2.36. The van der Waals surface area contributed by atoms with Gasteiger partial charge in [0.1, 0.15) is 5.75 Å². The molecule has 2 heterocycles. The summed E-state index contributed by atoms with van der Waals surface area (Å²) in [6.07, 6.45) is -0.135. The molecule has 1 atom stereocenters. The van der Waals surface area contributed by atoms with Crippen LogP contribution < -0.4 is 4.74 Å². The van der Waals surface area contributed by atoms with Crippen LogP contribution in [0, 0.1) is 0 Å². The highest BCUT2D eigenvalue weighted by Gasteiger charge is 2.26. The highest BCUT2D eigenvalue weighted by atomic mass is 35.5. The Morgan fingerprint density at radius 2 is 1.78 bits per heavy atom. The minimum absolute atomic E-state index is 0.123. The fourth-order valence-corrected chi connectivity index (χ4v) is 5.77. The predicted molar refractivity (Wildman–Crippen MR) is 146 cm³/mol. The Hall–Kier alpha value is -2.90. The highest BCUT2D eigenvalue weighted by molar-refractivity contribution is 7.20. The number of halogens is 1. The van der Waals surface area contributed by atoms with Crippen LogP contribution in [0.2, 0.25) is 5.02 Å². The molecule has 36 heavy (non-hydrogen) atoms. The molecule has 0 radical (unpaired) electrons. The monoisotopic (exact) mass is 520 g/mol. The Bertz CT molecular complexity index is 1300. The molecule has 1 aliphatic rings. The van der Waals surface area contributed by atoms with Crippen molar-refractivity contribution >= 4 is 38.9 Å². The molecule has 0 aliphatic carbocycles. The van der Waals surface area contributed by atoms with E-state index in [1.165, 1.54) is 0 Å². The maximum atomic E-state index is 13.1. The van der Waals surface area contributed by atoms with E-state index in [-0.39, 0.29) is 12.0 Å². The molecule has 0 bridgehead atoms. The lowest BCUT2D eigenvalue weighted by Crippen LogP contribution is -2.49. The number of carbonyl (C=O) groups excluding carboxylic acids is 1. The van der Waals surface area contributed by atoms with Crippen molar-refractivity contribution in [3.8, 4) is 5.75 Å². The molecule has 3 aromatic carbocycles. The summed E-state index contributed by atoms with van der Waals surface area (Å²) in [5.74, 6) is 0.931. The number of nitrogens with zero attached hydrogens (tertiary/aromatic N) is 2. The van der Waals surface area contributed by atoms with Gasteiger partial charge in [0.2, 0.25) is 0 Å². The molecule has 4 aromatic rings. The lowest BCUT2D eigenvalue weighted by molar-refractivity contribution is 0.00339. The predicted octanol–water partition coefficient (Wildman–Crippen LogP) is 6.28. The molecule has 1 aromatic heterocycles. The van der Waals surface area contributed by atoms with E-state index < -0.39 is 0 Å². The Balaban J connectivity index is 1.24. The van der Waals surface area contributed by atoms with E-state index in [0.29, 0.717) is 24.7 Å². The first-order valence-electron chi connectivity index (χ1n) is 12.1. The fraction of sp³-hybridized carbons (Fsp3) is 0.276. The maximum absolute atomic E-state index is 13.1. The minimum Gasteiger partial charge on any atom is -0.497 e. The normalized spacial score (nSPS) is 15.2. The van der Waals surface area contributed by atoms with Crippen LogP contribution in [0.3, 0.4) is 0 Å². The molecule has 7 heteroatoms. The Labute approximate surface area is 220 Å². The summed E-state index contributed by atoms with van der Waals surface area (Å²) in [4.78, 5) is 18.3. The van der Waals surface area contributed by atoms with E-state index in [4.69, 9.17) is 21.1 Å². The van der Waals surface area contributed by atoms with Crippen molar-refractivity contribution in [1.29, 1.82) is 0 Å². The molecule has 186 valence electrons. The van der Waals surface area contributed by atoms with Gasteiger partial charge in [-0.3, -0.25) is 9.69 Å². The molecule has 1 fully saturated rings. The zero-order valence-corrected chi connectivity index (χ0v) is 21.8. The van der Waals surface area contributed by atoms with Gasteiger partial charge in [-0.05, 0) is 52.9 Å². The number of hydrogen-bond donors (Lipinski definition) is 0. The van der Waals surface area contributed by atoms with E-state index in [9.17, 15) is 4.79 Å². The zero-order chi connectivity index (χ0) is 24.9. The smallest absolute Gasteiger partial charge is 0.264 e. The second kappa shape index (κ2) is 11.4. The number of benzene rings is 3. The largest absolute Gasteiger partial charge is 0.497 e. The fourth-order valence-electron chi connectivity index (χ4n) is 4.53. The third-order valence-electron chi connectivity index (χ3n) is 6.53. The third kappa shape index (κ3) is 5.90. The van der Waals surface area contributed by atoms with Crippen LogP contribution >= 0.6 is 22.9 Å². The Morgan fingerprint density at radius 1 is 0.972 bits per heavy atom. The zero-order valence-electron chi connectivity index (χ0n) is 20.2. The SMILES string of the molecule is COc1cccc([C@@H](CN2CCN(C(=O)c3cc4ccccc4s3)CC2)OCc2cccc(Cl)c2)c1. The van der Waals surface area contributed by atoms with Crippen LogP contribution in [0.25, 0.3) is 10.1 Å². The molecule has 5 rings (SSSR count). The average molecular weight is 521 g/mol. The number of thiophene rings is 1. The van der Waals surface area contributed by atoms with Crippen molar-refractivity contribution in [1.82, 2.24) is 9.80 Å². The number of hydrogen-bond acceptors (Lipinski definition) is 5. The van der Waals surface area contributed by atoms with E-state index in [0.717, 1.165) is 51.5 Å². The molecular formula is C29H29ClN2O3S. The summed E-state index contributed by atoms with van der Waals surface area (Å²) < 4.78 is 13.0. The third-order valence-corrected chi connectivity index (χ3v) is 7.86. The van der Waals surface area contributed by atoms with E-state index in [2.05, 4.69) is 23.1 Å². The molecule has 0 saturated carbocycles. The molecule has 5 nitrogen and oxygen atoms in total. The average Bonchev–Trinajstić information content (AvgIpc) is 3.35. The molecular weight excluding hydrogens is 492 g/mol. The van der Waals surface area contributed by atoms with Gasteiger partial charge >= 0.3 is 0 Å². The van der Waals surface area contributed by atoms with Gasteiger partial charge in [0.25, 0.3) is 5.91 Å². The van der Waals surface area contributed by atoms with Crippen LogP contribution in [-0.2, 0) is 11.3 Å². The van der Waals surface area contributed by atoms with Gasteiger partial charge in [0.15, 0.2) is 0 Å². The summed E-state index contributed by atoms with van der Waals surface area (Å²) in [7, 11) is 1.67. The number of ether oxygens (including phenoxy) is 2. The minimum atomic E-state index is -0.135. The summed E-state index contributed by atoms with van der Waals surface area (Å²) in [6.45, 7) is 4.21. The quantitative estimate of drug-likeness (QED) is 0.274. The van der Waals surface area contributed by atoms with Crippen LogP contribution in [0.1, 0.15) is 26.9 Å². The van der Waals surface area contributed by atoms with Crippen molar-refractivity contribution < 1.29 is 14.3 Å². The van der Waals surface area contributed by atoms with E-state index in [1.807, 2.05) is 65.6 Å². The first-order chi connectivity index (χ1) is 17.6. The molecule has 1 aliphatic heterocycles. The van der Waals surface area contributed by atoms with Crippen molar-refractivity contribution in [3.05, 3.63) is 99.9 Å². The molecule has 0 N–H and O–H groups in total. The van der Waals surface area contributed by atoms with Crippen molar-refractivity contribution in [2.24, 2.45) is 0 Å². The van der Waals surface area contributed by atoms with Gasteiger partial charge in [-0.1, -0.05) is 54.1 Å². The number of piperazine rings is 1. The standard InChI is InChI=1S/C29H29ClN2O3S/c1-34-25-10-5-8-22(17-25)26(35-20-21-6-4-9-24(30)16-21)19-31-12-14-32(15-13-31)29(33)28-18-23-7-2-3-11-27(23)36-28/h2-11,16-18,26H,12-15,19-20H2,1H3/t26-/m1/s1. The summed E-state index contributed by atoms with van der Waals surface area (Å²) in [5.41, 5.74) is 2.11. The molecule has 1 saturated heterocycles. The van der Waals surface area contributed by atoms with Crippen LogP contribution in [0.15, 0.2) is 78.9 Å². The second-order valence-corrected chi connectivity index (χ2v) is 10.5. The van der Waals surface area contributed by atoms with Gasteiger partial charge < -0.3 is 14.4 Å². The van der Waals surface area contributed by atoms with Gasteiger partial charge in [-0.15, -0.1) is 11.3 Å². The van der Waals surface area contributed by atoms with Gasteiger partial charge in [-0.2, -0.15) is 0 Å². The van der Waals surface area contributed by atoms with Gasteiger partial charge in [0.05, 0.1) is 24.7 Å². The highest BCUT2D eigenvalue weighted by Crippen LogP contribution is 2.28. The van der Waals surface area contributed by atoms with Crippen LogP contribution in [0.4, 0.5) is 0 Å². The Kier molecular flexibility index (Phi) is 7.87. The molecule has 0 spiro atoms. The first-order valence-corrected chi connectivity index (χ1v) is 13.3. The van der Waals surface area contributed by atoms with Crippen molar-refractivity contribution in [3.63, 3.8) is 0 Å². The second-order valence-electron chi connectivity index (χ2n) is 8.95. The number of fused-ring (bicyclic) bond motifs is 1. The number of rotatable bonds is 8. The number of amides is 1. The van der Waals surface area contributed by atoms with Crippen LogP contribution in [-0.4, -0.2) is 55.5 Å². The van der Waals surface area contributed by atoms with Gasteiger partial charge in [0, 0.05) is 42.4 Å². The topological polar surface area (TPSA) is 42.0 Å². The maximum Gasteiger partial charge on any atom is 0.264 e. The Morgan fingerprint density at radius 3 is 2.56 bits per heavy atom. The van der Waals surface area contributed by atoms with E-state index >= 15 is 0 Å². The van der Waals surface area contributed by atoms with Crippen molar-refractivity contribution in [2.75, 3.05) is 39.8 Å². The summed E-state index contributed by atoms with van der Waals surface area (Å²) >= 11 is 7.74. The van der Waals surface area contributed by atoms with Crippen molar-refractivity contribution in [2.45, 2.75) is 12.7 Å². The van der Waals surface area contributed by atoms with Gasteiger partial charge in [-0.25, -0.2) is 0 Å². The number of methoxy groups -OCH3 is 1. The lowest BCUT2D eigenvalue weighted by atomic mass is 10.1. The number of carbonyl (C=O) groups is 1. The summed E-state index contributed by atoms with van der Waals surface area (Å²) in [5, 5.41) is 1.83. The summed E-state index contributed by atoms with van der Waals surface area (Å²) in [6, 6.07) is 26.0. The van der Waals surface area contributed by atoms with Crippen LogP contribution in [0.5, 0.6) is 5.75 Å². The molecule has 0 unspecified atom stereocenters. The first kappa shape index (κ1) is 24.8. The van der Waals surface area contributed by atoms with E-state index in [1.54, 1.807) is 18.4 Å². The molecule has 1 amide bonds.